The zero-order chi connectivity index (χ0) is 21.1. The van der Waals surface area contributed by atoms with Crippen LogP contribution in [0.3, 0.4) is 0 Å². The van der Waals surface area contributed by atoms with Crippen LogP contribution in [0, 0.1) is 5.92 Å². The minimum Gasteiger partial charge on any atom is -0.494 e. The molecule has 1 N–H and O–H groups in total. The van der Waals surface area contributed by atoms with Crippen molar-refractivity contribution in [3.63, 3.8) is 0 Å². The van der Waals surface area contributed by atoms with Crippen molar-refractivity contribution in [1.82, 2.24) is 10.2 Å². The fraction of sp³-hybridized carbons (Fsp3) is 0.417. The second kappa shape index (κ2) is 11.9. The Bertz CT molecular complexity index is 747. The highest BCUT2D eigenvalue weighted by atomic mass is 16.5. The summed E-state index contributed by atoms with van der Waals surface area (Å²) >= 11 is 0. The lowest BCUT2D eigenvalue weighted by atomic mass is 10.1. The van der Waals surface area contributed by atoms with Crippen LogP contribution in [0.5, 0.6) is 5.75 Å². The summed E-state index contributed by atoms with van der Waals surface area (Å²) in [5.41, 5.74) is 1.00. The summed E-state index contributed by atoms with van der Waals surface area (Å²) < 4.78 is 5.68. The molecule has 1 atom stereocenters. The Morgan fingerprint density at radius 1 is 0.966 bits per heavy atom. The minimum absolute atomic E-state index is 0.0438. The molecule has 0 unspecified atom stereocenters. The van der Waals surface area contributed by atoms with Crippen LogP contribution in [0.2, 0.25) is 0 Å². The normalized spacial score (nSPS) is 11.7. The van der Waals surface area contributed by atoms with Gasteiger partial charge in [-0.05, 0) is 37.0 Å². The molecule has 0 aromatic heterocycles. The molecular weight excluding hydrogens is 364 g/mol. The summed E-state index contributed by atoms with van der Waals surface area (Å²) in [7, 11) is 0. The molecule has 0 saturated heterocycles. The van der Waals surface area contributed by atoms with Crippen LogP contribution in [-0.4, -0.2) is 35.9 Å². The third kappa shape index (κ3) is 7.98. The molecule has 0 fully saturated rings. The van der Waals surface area contributed by atoms with Gasteiger partial charge in [-0.25, -0.2) is 0 Å². The highest BCUT2D eigenvalue weighted by Gasteiger charge is 2.25. The van der Waals surface area contributed by atoms with E-state index in [9.17, 15) is 9.59 Å². The third-order valence-corrected chi connectivity index (χ3v) is 4.59. The van der Waals surface area contributed by atoms with Crippen LogP contribution >= 0.6 is 0 Å². The number of hydrogen-bond donors (Lipinski definition) is 1. The van der Waals surface area contributed by atoms with Gasteiger partial charge in [0.25, 0.3) is 0 Å². The van der Waals surface area contributed by atoms with Crippen LogP contribution < -0.4 is 10.1 Å². The number of amides is 2. The van der Waals surface area contributed by atoms with Crippen molar-refractivity contribution in [1.29, 1.82) is 0 Å². The van der Waals surface area contributed by atoms with E-state index in [0.717, 1.165) is 11.3 Å². The summed E-state index contributed by atoms with van der Waals surface area (Å²) in [6.45, 7) is 7.35. The van der Waals surface area contributed by atoms with Gasteiger partial charge in [-0.3, -0.25) is 9.59 Å². The first-order valence-corrected chi connectivity index (χ1v) is 10.3. The molecule has 2 aromatic carbocycles. The first-order chi connectivity index (χ1) is 14.0. The van der Waals surface area contributed by atoms with Gasteiger partial charge >= 0.3 is 0 Å². The van der Waals surface area contributed by atoms with E-state index in [2.05, 4.69) is 5.32 Å². The lowest BCUT2D eigenvalue weighted by molar-refractivity contribution is -0.140. The second-order valence-electron chi connectivity index (χ2n) is 7.59. The smallest absolute Gasteiger partial charge is 0.242 e. The van der Waals surface area contributed by atoms with Crippen molar-refractivity contribution in [2.45, 2.75) is 46.2 Å². The fourth-order valence-corrected chi connectivity index (χ4v) is 2.89. The van der Waals surface area contributed by atoms with E-state index in [1.165, 1.54) is 0 Å². The molecule has 0 aliphatic carbocycles. The van der Waals surface area contributed by atoms with Crippen molar-refractivity contribution in [2.24, 2.45) is 5.92 Å². The van der Waals surface area contributed by atoms with Crippen molar-refractivity contribution in [2.75, 3.05) is 13.2 Å². The Balaban J connectivity index is 1.95. The maximum Gasteiger partial charge on any atom is 0.242 e. The van der Waals surface area contributed by atoms with Crippen LogP contribution in [0.15, 0.2) is 60.7 Å². The summed E-state index contributed by atoms with van der Waals surface area (Å²) in [4.78, 5) is 27.2. The molecule has 29 heavy (non-hydrogen) atoms. The molecular formula is C24H32N2O3. The summed E-state index contributed by atoms with van der Waals surface area (Å²) in [6.07, 6.45) is 0.931. The Morgan fingerprint density at radius 3 is 2.21 bits per heavy atom. The van der Waals surface area contributed by atoms with Crippen molar-refractivity contribution < 1.29 is 14.3 Å². The molecule has 156 valence electrons. The Labute approximate surface area is 174 Å². The van der Waals surface area contributed by atoms with Crippen LogP contribution in [-0.2, 0) is 16.1 Å². The Morgan fingerprint density at radius 2 is 1.59 bits per heavy atom. The van der Waals surface area contributed by atoms with E-state index in [1.807, 2.05) is 74.5 Å². The first kappa shape index (κ1) is 22.5. The largest absolute Gasteiger partial charge is 0.494 e. The number of carbonyl (C=O) groups excluding carboxylic acids is 2. The van der Waals surface area contributed by atoms with Gasteiger partial charge in [-0.15, -0.1) is 0 Å². The number of nitrogens with zero attached hydrogens (tertiary/aromatic N) is 1. The zero-order valence-corrected chi connectivity index (χ0v) is 17.6. The van der Waals surface area contributed by atoms with Gasteiger partial charge in [-0.1, -0.05) is 62.4 Å². The maximum absolute atomic E-state index is 12.9. The predicted molar refractivity (Wildman–Crippen MR) is 115 cm³/mol. The van der Waals surface area contributed by atoms with Gasteiger partial charge in [0.2, 0.25) is 11.8 Å². The average molecular weight is 397 g/mol. The lowest BCUT2D eigenvalue weighted by Crippen LogP contribution is -2.48. The topological polar surface area (TPSA) is 58.6 Å². The molecule has 0 spiro atoms. The number of para-hydroxylation sites is 1. The van der Waals surface area contributed by atoms with Crippen molar-refractivity contribution in [3.8, 4) is 5.75 Å². The molecule has 0 saturated carbocycles. The number of ether oxygens (including phenoxy) is 1. The first-order valence-electron chi connectivity index (χ1n) is 10.3. The van der Waals surface area contributed by atoms with E-state index < -0.39 is 6.04 Å². The van der Waals surface area contributed by atoms with Crippen molar-refractivity contribution in [3.05, 3.63) is 66.2 Å². The summed E-state index contributed by atoms with van der Waals surface area (Å²) in [6, 6.07) is 18.8. The van der Waals surface area contributed by atoms with Crippen LogP contribution in [0.25, 0.3) is 0 Å². The van der Waals surface area contributed by atoms with E-state index >= 15 is 0 Å². The van der Waals surface area contributed by atoms with Gasteiger partial charge in [0.05, 0.1) is 6.61 Å². The SMILES string of the molecule is CC(C)CNC(=O)[C@@H](C)N(Cc1ccccc1)C(=O)CCCOc1ccccc1. The lowest BCUT2D eigenvalue weighted by Gasteiger charge is -2.29. The Kier molecular flexibility index (Phi) is 9.22. The predicted octanol–water partition coefficient (Wildman–Crippen LogP) is 4.04. The molecule has 0 heterocycles. The van der Waals surface area contributed by atoms with Gasteiger partial charge in [0.1, 0.15) is 11.8 Å². The Hall–Kier alpha value is -2.82. The van der Waals surface area contributed by atoms with Gasteiger partial charge in [0.15, 0.2) is 0 Å². The highest BCUT2D eigenvalue weighted by Crippen LogP contribution is 2.13. The number of benzene rings is 2. The van der Waals surface area contributed by atoms with E-state index in [4.69, 9.17) is 4.74 Å². The van der Waals surface area contributed by atoms with Gasteiger partial charge in [-0.2, -0.15) is 0 Å². The van der Waals surface area contributed by atoms with Crippen LogP contribution in [0.4, 0.5) is 0 Å². The number of nitrogens with one attached hydrogen (secondary N) is 1. The molecule has 0 radical (unpaired) electrons. The number of rotatable bonds is 11. The molecule has 2 aromatic rings. The minimum atomic E-state index is -0.531. The summed E-state index contributed by atoms with van der Waals surface area (Å²) in [5.74, 6) is 0.989. The highest BCUT2D eigenvalue weighted by molar-refractivity contribution is 5.87. The van der Waals surface area contributed by atoms with Gasteiger partial charge < -0.3 is 15.0 Å². The van der Waals surface area contributed by atoms with E-state index in [-0.39, 0.29) is 11.8 Å². The molecule has 2 amide bonds. The molecule has 0 aliphatic rings. The van der Waals surface area contributed by atoms with E-state index in [1.54, 1.807) is 11.8 Å². The molecule has 5 heteroatoms. The van der Waals surface area contributed by atoms with Crippen molar-refractivity contribution >= 4 is 11.8 Å². The monoisotopic (exact) mass is 396 g/mol. The number of carbonyl (C=O) groups is 2. The molecule has 5 nitrogen and oxygen atoms in total. The second-order valence-corrected chi connectivity index (χ2v) is 7.59. The average Bonchev–Trinajstić information content (AvgIpc) is 2.74. The molecule has 0 bridgehead atoms. The standard InChI is InChI=1S/C24H32N2O3/c1-19(2)17-25-24(28)20(3)26(18-21-11-6-4-7-12-21)23(27)15-10-16-29-22-13-8-5-9-14-22/h4-9,11-14,19-20H,10,15-18H2,1-3H3,(H,25,28)/t20-/m1/s1. The van der Waals surface area contributed by atoms with Gasteiger partial charge in [0, 0.05) is 19.5 Å². The van der Waals surface area contributed by atoms with E-state index in [0.29, 0.717) is 38.5 Å². The molecule has 0 aliphatic heterocycles. The fourth-order valence-electron chi connectivity index (χ4n) is 2.89. The number of hydrogen-bond acceptors (Lipinski definition) is 3. The molecule has 2 rings (SSSR count). The van der Waals surface area contributed by atoms with Crippen LogP contribution in [0.1, 0.15) is 39.2 Å². The third-order valence-electron chi connectivity index (χ3n) is 4.59. The zero-order valence-electron chi connectivity index (χ0n) is 17.6. The summed E-state index contributed by atoms with van der Waals surface area (Å²) in [5, 5.41) is 2.93. The quantitative estimate of drug-likeness (QED) is 0.583. The maximum atomic E-state index is 12.9.